The van der Waals surface area contributed by atoms with Crippen LogP contribution in [0.25, 0.3) is 21.8 Å². The molecule has 2 aromatic carbocycles. The summed E-state index contributed by atoms with van der Waals surface area (Å²) in [4.78, 5) is 26.3. The van der Waals surface area contributed by atoms with Crippen molar-refractivity contribution in [2.75, 3.05) is 11.9 Å². The zero-order valence-electron chi connectivity index (χ0n) is 18.6. The lowest BCUT2D eigenvalue weighted by molar-refractivity contribution is -0.128. The Morgan fingerprint density at radius 2 is 2.00 bits per heavy atom. The first kappa shape index (κ1) is 21.5. The molecule has 1 unspecified atom stereocenters. The van der Waals surface area contributed by atoms with E-state index in [1.807, 2.05) is 24.3 Å². The van der Waals surface area contributed by atoms with Crippen molar-refractivity contribution in [1.82, 2.24) is 19.7 Å². The van der Waals surface area contributed by atoms with Crippen molar-refractivity contribution in [1.29, 1.82) is 0 Å². The van der Waals surface area contributed by atoms with Crippen LogP contribution in [0.4, 0.5) is 5.69 Å². The van der Waals surface area contributed by atoms with E-state index < -0.39 is 5.25 Å². The van der Waals surface area contributed by atoms with Crippen molar-refractivity contribution < 1.29 is 14.0 Å². The fraction of sp³-hybridized carbons (Fsp3) is 0.333. The number of nitrogens with one attached hydrogen (secondary N) is 1. The zero-order valence-corrected chi connectivity index (χ0v) is 19.4. The van der Waals surface area contributed by atoms with E-state index in [9.17, 15) is 9.59 Å². The molecule has 8 nitrogen and oxygen atoms in total. The minimum Gasteiger partial charge on any atom is -0.414 e. The van der Waals surface area contributed by atoms with Gasteiger partial charge in [-0.1, -0.05) is 30.0 Å². The van der Waals surface area contributed by atoms with Crippen LogP contribution in [0.1, 0.15) is 32.6 Å². The number of aromatic nitrogens is 3. The molecule has 1 saturated heterocycles. The van der Waals surface area contributed by atoms with Gasteiger partial charge in [0.15, 0.2) is 0 Å². The number of anilines is 1. The zero-order chi connectivity index (χ0) is 22.9. The van der Waals surface area contributed by atoms with Gasteiger partial charge in [0.1, 0.15) is 0 Å². The van der Waals surface area contributed by atoms with Gasteiger partial charge < -0.3 is 19.2 Å². The molecule has 2 amide bonds. The number of thioether (sulfide) groups is 1. The first-order chi connectivity index (χ1) is 16.0. The van der Waals surface area contributed by atoms with Crippen molar-refractivity contribution in [3.8, 4) is 0 Å². The first-order valence-corrected chi connectivity index (χ1v) is 12.0. The Labute approximate surface area is 195 Å². The second kappa shape index (κ2) is 8.90. The number of para-hydroxylation sites is 1. The normalized spacial score (nSPS) is 15.0. The number of hydrogen-bond acceptors (Lipinski definition) is 6. The average molecular weight is 464 g/mol. The molecule has 0 saturated carbocycles. The van der Waals surface area contributed by atoms with Crippen LogP contribution in [0, 0.1) is 0 Å². The lowest BCUT2D eigenvalue weighted by Gasteiger charge is -2.12. The molecule has 0 aliphatic carbocycles. The highest BCUT2D eigenvalue weighted by molar-refractivity contribution is 8.00. The summed E-state index contributed by atoms with van der Waals surface area (Å²) in [7, 11) is 0. The molecule has 5 rings (SSSR count). The van der Waals surface area contributed by atoms with Crippen LogP contribution in [0.3, 0.4) is 0 Å². The minimum atomic E-state index is -0.431. The van der Waals surface area contributed by atoms with Gasteiger partial charge in [-0.05, 0) is 44.5 Å². The molecule has 170 valence electrons. The number of likely N-dealkylation sites (tertiary alicyclic amines) is 1. The van der Waals surface area contributed by atoms with Gasteiger partial charge in [0, 0.05) is 47.0 Å². The van der Waals surface area contributed by atoms with Crippen molar-refractivity contribution >= 4 is 51.1 Å². The number of hydrogen-bond donors (Lipinski definition) is 1. The number of amides is 2. The number of fused-ring (bicyclic) bond motifs is 3. The van der Waals surface area contributed by atoms with Crippen molar-refractivity contribution in [2.24, 2.45) is 0 Å². The number of aryl methyl sites for hydroxylation is 1. The van der Waals surface area contributed by atoms with Crippen LogP contribution < -0.4 is 5.32 Å². The minimum absolute atomic E-state index is 0.106. The second-order valence-electron chi connectivity index (χ2n) is 8.12. The van der Waals surface area contributed by atoms with Gasteiger partial charge in [0.25, 0.3) is 5.22 Å². The van der Waals surface area contributed by atoms with Gasteiger partial charge in [-0.25, -0.2) is 0 Å². The van der Waals surface area contributed by atoms with Gasteiger partial charge >= 0.3 is 0 Å². The maximum absolute atomic E-state index is 12.8. The monoisotopic (exact) mass is 463 g/mol. The molecule has 1 N–H and O–H groups in total. The fourth-order valence-electron chi connectivity index (χ4n) is 4.30. The molecule has 0 radical (unpaired) electrons. The summed E-state index contributed by atoms with van der Waals surface area (Å²) >= 11 is 1.20. The quantitative estimate of drug-likeness (QED) is 0.407. The van der Waals surface area contributed by atoms with Gasteiger partial charge in [0.05, 0.1) is 11.8 Å². The largest absolute Gasteiger partial charge is 0.414 e. The number of nitrogens with zero attached hydrogens (tertiary/aromatic N) is 4. The second-order valence-corrected chi connectivity index (χ2v) is 9.42. The summed E-state index contributed by atoms with van der Waals surface area (Å²) < 4.78 is 7.93. The fourth-order valence-corrected chi connectivity index (χ4v) is 5.01. The molecule has 2 aromatic heterocycles. The Morgan fingerprint density at radius 1 is 1.18 bits per heavy atom. The molecule has 1 aliphatic heterocycles. The van der Waals surface area contributed by atoms with E-state index in [-0.39, 0.29) is 11.8 Å². The van der Waals surface area contributed by atoms with E-state index in [0.29, 0.717) is 30.6 Å². The molecular formula is C24H25N5O3S. The van der Waals surface area contributed by atoms with Crippen molar-refractivity contribution in [3.63, 3.8) is 0 Å². The Morgan fingerprint density at radius 3 is 2.79 bits per heavy atom. The molecular weight excluding hydrogens is 438 g/mol. The number of benzene rings is 2. The molecule has 1 fully saturated rings. The van der Waals surface area contributed by atoms with Crippen molar-refractivity contribution in [2.45, 2.75) is 50.3 Å². The molecule has 9 heteroatoms. The molecule has 3 heterocycles. The highest BCUT2D eigenvalue weighted by Gasteiger charge is 2.24. The standard InChI is InChI=1S/C24H25N5O3S/c1-3-29-19-8-5-4-7-17(19)18-13-16(10-11-20(18)29)25-23(31)15(2)33-24-27-26-21(32-24)14-28-12-6-9-22(28)30/h4-5,7-8,10-11,13,15H,3,6,9,12,14H2,1-2H3,(H,25,31). The maximum Gasteiger partial charge on any atom is 0.277 e. The Hall–Kier alpha value is -3.33. The van der Waals surface area contributed by atoms with E-state index in [1.165, 1.54) is 22.7 Å². The Kier molecular flexibility index (Phi) is 5.80. The van der Waals surface area contributed by atoms with Crippen LogP contribution in [0.5, 0.6) is 0 Å². The summed E-state index contributed by atoms with van der Waals surface area (Å²) in [6, 6.07) is 14.3. The third-order valence-electron chi connectivity index (χ3n) is 5.95. The van der Waals surface area contributed by atoms with Crippen LogP contribution in [0.2, 0.25) is 0 Å². The predicted octanol–water partition coefficient (Wildman–Crippen LogP) is 4.44. The molecule has 1 atom stereocenters. The lowest BCUT2D eigenvalue weighted by Crippen LogP contribution is -2.23. The van der Waals surface area contributed by atoms with Crippen LogP contribution in [-0.2, 0) is 22.7 Å². The van der Waals surface area contributed by atoms with Gasteiger partial charge in [-0.3, -0.25) is 9.59 Å². The topological polar surface area (TPSA) is 93.3 Å². The predicted molar refractivity (Wildman–Crippen MR) is 128 cm³/mol. The number of carbonyl (C=O) groups excluding carboxylic acids is 2. The van der Waals surface area contributed by atoms with E-state index in [1.54, 1.807) is 11.8 Å². The molecule has 0 spiro atoms. The summed E-state index contributed by atoms with van der Waals surface area (Å²) in [5.74, 6) is 0.348. The third kappa shape index (κ3) is 4.20. The highest BCUT2D eigenvalue weighted by atomic mass is 32.2. The van der Waals surface area contributed by atoms with E-state index in [2.05, 4.69) is 45.2 Å². The van der Waals surface area contributed by atoms with Gasteiger partial charge in [0.2, 0.25) is 17.7 Å². The van der Waals surface area contributed by atoms with Crippen LogP contribution >= 0.6 is 11.8 Å². The van der Waals surface area contributed by atoms with Crippen LogP contribution in [0.15, 0.2) is 52.1 Å². The first-order valence-electron chi connectivity index (χ1n) is 11.1. The summed E-state index contributed by atoms with van der Waals surface area (Å²) in [6.07, 6.45) is 1.42. The summed E-state index contributed by atoms with van der Waals surface area (Å²) in [6.45, 7) is 5.84. The molecule has 1 aliphatic rings. The summed E-state index contributed by atoms with van der Waals surface area (Å²) in [5, 5.41) is 13.2. The average Bonchev–Trinajstić information content (AvgIpc) is 3.51. The van der Waals surface area contributed by atoms with E-state index >= 15 is 0 Å². The SMILES string of the molecule is CCn1c2ccccc2c2cc(NC(=O)C(C)Sc3nnc(CN4CCCC4=O)o3)ccc21. The van der Waals surface area contributed by atoms with Gasteiger partial charge in [-0.2, -0.15) is 0 Å². The van der Waals surface area contributed by atoms with E-state index in [4.69, 9.17) is 4.42 Å². The third-order valence-corrected chi connectivity index (χ3v) is 6.88. The van der Waals surface area contributed by atoms with Gasteiger partial charge in [-0.15, -0.1) is 10.2 Å². The summed E-state index contributed by atoms with van der Waals surface area (Å²) in [5.41, 5.74) is 3.08. The van der Waals surface area contributed by atoms with Crippen LogP contribution in [-0.4, -0.2) is 43.3 Å². The van der Waals surface area contributed by atoms with Crippen molar-refractivity contribution in [3.05, 3.63) is 48.4 Å². The highest BCUT2D eigenvalue weighted by Crippen LogP contribution is 2.31. The Bertz CT molecular complexity index is 1340. The molecule has 33 heavy (non-hydrogen) atoms. The number of rotatable bonds is 7. The number of carbonyl (C=O) groups is 2. The molecule has 4 aromatic rings. The lowest BCUT2D eigenvalue weighted by atomic mass is 10.1. The Balaban J connectivity index is 1.27. The smallest absolute Gasteiger partial charge is 0.277 e. The van der Waals surface area contributed by atoms with E-state index in [0.717, 1.165) is 29.6 Å². The maximum atomic E-state index is 12.8. The molecule has 0 bridgehead atoms.